The van der Waals surface area contributed by atoms with Gasteiger partial charge in [0.2, 0.25) is 0 Å². The Morgan fingerprint density at radius 2 is 1.12 bits per heavy atom. The molecule has 2 unspecified atom stereocenters. The summed E-state index contributed by atoms with van der Waals surface area (Å²) in [5.41, 5.74) is 22.6. The predicted molar refractivity (Wildman–Crippen MR) is 69.0 cm³/mol. The summed E-state index contributed by atoms with van der Waals surface area (Å²) in [4.78, 5) is 0. The summed E-state index contributed by atoms with van der Waals surface area (Å²) in [6, 6.07) is 0.319. The maximum Gasteiger partial charge on any atom is 0.0165 e. The molecule has 10 N–H and O–H groups in total. The standard InChI is InChI=1S/C10H28N6/c11-3-5-15-7-9(13)1-2-10(14)8-16-6-4-12/h9-10,15-16H,1-8,11-14H2. The highest BCUT2D eigenvalue weighted by Gasteiger charge is 2.06. The third-order valence-corrected chi connectivity index (χ3v) is 2.36. The SMILES string of the molecule is NCCNCC(N)CCC(N)CNCCN. The fourth-order valence-electron chi connectivity index (χ4n) is 1.41. The van der Waals surface area contributed by atoms with Crippen LogP contribution in [0.3, 0.4) is 0 Å². The third-order valence-electron chi connectivity index (χ3n) is 2.36. The van der Waals surface area contributed by atoms with Crippen molar-refractivity contribution in [2.24, 2.45) is 22.9 Å². The van der Waals surface area contributed by atoms with E-state index in [1.54, 1.807) is 0 Å². The zero-order valence-electron chi connectivity index (χ0n) is 10.1. The molecule has 2 atom stereocenters. The molecule has 6 nitrogen and oxygen atoms in total. The molecule has 0 spiro atoms. The van der Waals surface area contributed by atoms with Crippen LogP contribution in [-0.2, 0) is 0 Å². The van der Waals surface area contributed by atoms with Gasteiger partial charge in [0.25, 0.3) is 0 Å². The van der Waals surface area contributed by atoms with Gasteiger partial charge in [-0.25, -0.2) is 0 Å². The van der Waals surface area contributed by atoms with Crippen LogP contribution in [0.25, 0.3) is 0 Å². The smallest absolute Gasteiger partial charge is 0.0165 e. The molecule has 0 saturated heterocycles. The summed E-state index contributed by atoms with van der Waals surface area (Å²) < 4.78 is 0. The number of nitrogens with two attached hydrogens (primary N) is 4. The quantitative estimate of drug-likeness (QED) is 0.219. The van der Waals surface area contributed by atoms with Crippen molar-refractivity contribution >= 4 is 0 Å². The van der Waals surface area contributed by atoms with Crippen LogP contribution < -0.4 is 33.6 Å². The van der Waals surface area contributed by atoms with Crippen molar-refractivity contribution in [1.82, 2.24) is 10.6 Å². The molecule has 0 bridgehead atoms. The normalized spacial score (nSPS) is 15.0. The minimum Gasteiger partial charge on any atom is -0.329 e. The first kappa shape index (κ1) is 15.8. The van der Waals surface area contributed by atoms with E-state index in [0.717, 1.165) is 39.0 Å². The lowest BCUT2D eigenvalue weighted by molar-refractivity contribution is 0.475. The first-order valence-corrected chi connectivity index (χ1v) is 6.03. The molecule has 0 aliphatic rings. The van der Waals surface area contributed by atoms with E-state index in [-0.39, 0.29) is 12.1 Å². The average molecular weight is 232 g/mol. The van der Waals surface area contributed by atoms with Gasteiger partial charge in [-0.1, -0.05) is 0 Å². The second kappa shape index (κ2) is 11.3. The Morgan fingerprint density at radius 3 is 1.44 bits per heavy atom. The molecular weight excluding hydrogens is 204 g/mol. The molecular formula is C10H28N6. The lowest BCUT2D eigenvalue weighted by atomic mass is 10.1. The van der Waals surface area contributed by atoms with Crippen molar-refractivity contribution in [3.05, 3.63) is 0 Å². The molecule has 0 aromatic carbocycles. The molecule has 16 heavy (non-hydrogen) atoms. The Bertz CT molecular complexity index is 127. The summed E-state index contributed by atoms with van der Waals surface area (Å²) in [6.07, 6.45) is 1.87. The van der Waals surface area contributed by atoms with Crippen LogP contribution in [0.1, 0.15) is 12.8 Å². The molecule has 0 aromatic heterocycles. The molecule has 0 aliphatic heterocycles. The number of hydrogen-bond acceptors (Lipinski definition) is 6. The summed E-state index contributed by atoms with van der Waals surface area (Å²) >= 11 is 0. The van der Waals surface area contributed by atoms with Gasteiger partial charge in [-0.05, 0) is 12.8 Å². The van der Waals surface area contributed by atoms with Crippen LogP contribution in [0.15, 0.2) is 0 Å². The van der Waals surface area contributed by atoms with Gasteiger partial charge >= 0.3 is 0 Å². The van der Waals surface area contributed by atoms with Gasteiger partial charge in [-0.2, -0.15) is 0 Å². The highest BCUT2D eigenvalue weighted by molar-refractivity contribution is 4.71. The van der Waals surface area contributed by atoms with E-state index in [2.05, 4.69) is 10.6 Å². The molecule has 98 valence electrons. The summed E-state index contributed by atoms with van der Waals surface area (Å²) in [5, 5.41) is 6.38. The van der Waals surface area contributed by atoms with Gasteiger partial charge in [0.05, 0.1) is 0 Å². The highest BCUT2D eigenvalue weighted by atomic mass is 14.9. The first-order chi connectivity index (χ1) is 7.70. The summed E-state index contributed by atoms with van der Waals surface area (Å²) in [6.45, 7) is 4.54. The Kier molecular flexibility index (Phi) is 11.1. The molecule has 0 fully saturated rings. The van der Waals surface area contributed by atoms with E-state index in [1.807, 2.05) is 0 Å². The van der Waals surface area contributed by atoms with Gasteiger partial charge < -0.3 is 33.6 Å². The van der Waals surface area contributed by atoms with Crippen LogP contribution in [-0.4, -0.2) is 51.4 Å². The van der Waals surface area contributed by atoms with Crippen molar-refractivity contribution < 1.29 is 0 Å². The first-order valence-electron chi connectivity index (χ1n) is 6.03. The Hall–Kier alpha value is -0.240. The van der Waals surface area contributed by atoms with Crippen molar-refractivity contribution in [2.75, 3.05) is 39.3 Å². The van der Waals surface area contributed by atoms with Gasteiger partial charge in [0.1, 0.15) is 0 Å². The van der Waals surface area contributed by atoms with Gasteiger partial charge in [0.15, 0.2) is 0 Å². The van der Waals surface area contributed by atoms with Crippen LogP contribution in [0.4, 0.5) is 0 Å². The van der Waals surface area contributed by atoms with E-state index in [4.69, 9.17) is 22.9 Å². The maximum absolute atomic E-state index is 5.92. The van der Waals surface area contributed by atoms with E-state index >= 15 is 0 Å². The molecule has 0 rings (SSSR count). The van der Waals surface area contributed by atoms with Gasteiger partial charge in [0, 0.05) is 51.4 Å². The fourth-order valence-corrected chi connectivity index (χ4v) is 1.41. The molecule has 0 aromatic rings. The van der Waals surface area contributed by atoms with Crippen LogP contribution in [0.5, 0.6) is 0 Å². The van der Waals surface area contributed by atoms with Crippen LogP contribution in [0.2, 0.25) is 0 Å². The second-order valence-corrected chi connectivity index (χ2v) is 4.08. The Balaban J connectivity index is 3.32. The maximum atomic E-state index is 5.92. The van der Waals surface area contributed by atoms with E-state index < -0.39 is 0 Å². The lowest BCUT2D eigenvalue weighted by Crippen LogP contribution is -2.40. The molecule has 6 heteroatoms. The van der Waals surface area contributed by atoms with E-state index in [1.165, 1.54) is 0 Å². The highest BCUT2D eigenvalue weighted by Crippen LogP contribution is 1.96. The minimum absolute atomic E-state index is 0.159. The van der Waals surface area contributed by atoms with Crippen LogP contribution in [0, 0.1) is 0 Å². The zero-order valence-corrected chi connectivity index (χ0v) is 10.1. The summed E-state index contributed by atoms with van der Waals surface area (Å²) in [5.74, 6) is 0. The van der Waals surface area contributed by atoms with Crippen molar-refractivity contribution in [3.63, 3.8) is 0 Å². The second-order valence-electron chi connectivity index (χ2n) is 4.08. The Labute approximate surface area is 98.5 Å². The molecule has 0 aliphatic carbocycles. The number of rotatable bonds is 11. The number of nitrogens with one attached hydrogen (secondary N) is 2. The van der Waals surface area contributed by atoms with Crippen molar-refractivity contribution in [3.8, 4) is 0 Å². The van der Waals surface area contributed by atoms with E-state index in [0.29, 0.717) is 13.1 Å². The van der Waals surface area contributed by atoms with Gasteiger partial charge in [-0.3, -0.25) is 0 Å². The fraction of sp³-hybridized carbons (Fsp3) is 1.00. The Morgan fingerprint density at radius 1 is 0.750 bits per heavy atom. The van der Waals surface area contributed by atoms with Gasteiger partial charge in [-0.15, -0.1) is 0 Å². The zero-order chi connectivity index (χ0) is 12.2. The molecule has 0 heterocycles. The molecule has 0 amide bonds. The predicted octanol–water partition coefficient (Wildman–Crippen LogP) is -2.48. The number of hydrogen-bond donors (Lipinski definition) is 6. The largest absolute Gasteiger partial charge is 0.329 e. The third kappa shape index (κ3) is 10.3. The topological polar surface area (TPSA) is 128 Å². The van der Waals surface area contributed by atoms with E-state index in [9.17, 15) is 0 Å². The summed E-state index contributed by atoms with van der Waals surface area (Å²) in [7, 11) is 0. The molecule has 0 radical (unpaired) electrons. The average Bonchev–Trinajstić information content (AvgIpc) is 2.27. The molecule has 0 saturated carbocycles. The van der Waals surface area contributed by atoms with Crippen LogP contribution >= 0.6 is 0 Å². The van der Waals surface area contributed by atoms with Crippen molar-refractivity contribution in [2.45, 2.75) is 24.9 Å². The van der Waals surface area contributed by atoms with Crippen molar-refractivity contribution in [1.29, 1.82) is 0 Å². The lowest BCUT2D eigenvalue weighted by Gasteiger charge is -2.16. The monoisotopic (exact) mass is 232 g/mol. The minimum atomic E-state index is 0.159.